The van der Waals surface area contributed by atoms with Gasteiger partial charge in [-0.1, -0.05) is 0 Å². The Labute approximate surface area is 121 Å². The molecule has 1 fully saturated rings. The van der Waals surface area contributed by atoms with Gasteiger partial charge in [0.1, 0.15) is 6.04 Å². The summed E-state index contributed by atoms with van der Waals surface area (Å²) in [4.78, 5) is 46.9. The van der Waals surface area contributed by atoms with Gasteiger partial charge in [0.2, 0.25) is 17.7 Å². The molecule has 0 spiro atoms. The van der Waals surface area contributed by atoms with Crippen molar-refractivity contribution in [3.8, 4) is 0 Å². The van der Waals surface area contributed by atoms with E-state index in [2.05, 4.69) is 5.32 Å². The number of carboxylic acid groups (broad SMARTS) is 1. The highest BCUT2D eigenvalue weighted by Crippen LogP contribution is 2.18. The molecule has 118 valence electrons. The van der Waals surface area contributed by atoms with Crippen LogP contribution in [0.1, 0.15) is 12.8 Å². The lowest BCUT2D eigenvalue weighted by atomic mass is 10.1. The topological polar surface area (TPSA) is 139 Å². The molecule has 0 aromatic rings. The van der Waals surface area contributed by atoms with Crippen LogP contribution in [0, 0.1) is 5.92 Å². The van der Waals surface area contributed by atoms with Gasteiger partial charge < -0.3 is 25.8 Å². The van der Waals surface area contributed by atoms with Crippen LogP contribution in [0.25, 0.3) is 0 Å². The maximum atomic E-state index is 12.0. The molecule has 2 atom stereocenters. The second-order valence-electron chi connectivity index (χ2n) is 4.80. The van der Waals surface area contributed by atoms with E-state index in [0.29, 0.717) is 13.2 Å². The zero-order chi connectivity index (χ0) is 16.0. The molecule has 0 aliphatic carbocycles. The van der Waals surface area contributed by atoms with Crippen molar-refractivity contribution in [3.05, 3.63) is 0 Å². The van der Waals surface area contributed by atoms with Crippen molar-refractivity contribution in [2.45, 2.75) is 18.9 Å². The van der Waals surface area contributed by atoms with Crippen LogP contribution in [-0.2, 0) is 23.9 Å². The molecular formula is C12H19N3O6. The minimum absolute atomic E-state index is 0.0124. The maximum absolute atomic E-state index is 12.0. The summed E-state index contributed by atoms with van der Waals surface area (Å²) >= 11 is 0. The van der Waals surface area contributed by atoms with Gasteiger partial charge in [-0.2, -0.15) is 0 Å². The number of ether oxygens (including phenoxy) is 1. The van der Waals surface area contributed by atoms with E-state index in [1.54, 1.807) is 0 Å². The second-order valence-corrected chi connectivity index (χ2v) is 4.80. The molecule has 1 aliphatic rings. The first-order valence-corrected chi connectivity index (χ1v) is 6.43. The van der Waals surface area contributed by atoms with E-state index in [1.165, 1.54) is 12.0 Å². The summed E-state index contributed by atoms with van der Waals surface area (Å²) in [6, 6.07) is -1.38. The molecule has 4 N–H and O–H groups in total. The van der Waals surface area contributed by atoms with Crippen LogP contribution in [0.5, 0.6) is 0 Å². The summed E-state index contributed by atoms with van der Waals surface area (Å²) < 4.78 is 4.86. The van der Waals surface area contributed by atoms with Crippen molar-refractivity contribution in [2.24, 2.45) is 11.7 Å². The van der Waals surface area contributed by atoms with E-state index >= 15 is 0 Å². The molecule has 1 heterocycles. The Bertz CT molecular complexity index is 439. The van der Waals surface area contributed by atoms with Gasteiger partial charge in [0.15, 0.2) is 0 Å². The summed E-state index contributed by atoms with van der Waals surface area (Å²) in [6.45, 7) is 0.944. The van der Waals surface area contributed by atoms with Crippen molar-refractivity contribution in [3.63, 3.8) is 0 Å². The maximum Gasteiger partial charge on any atom is 0.326 e. The van der Waals surface area contributed by atoms with Crippen LogP contribution >= 0.6 is 0 Å². The fourth-order valence-electron chi connectivity index (χ4n) is 2.06. The molecule has 0 bridgehead atoms. The number of methoxy groups -OCH3 is 1. The molecule has 1 unspecified atom stereocenters. The number of carboxylic acids is 1. The van der Waals surface area contributed by atoms with Gasteiger partial charge in [0.05, 0.1) is 18.9 Å². The predicted octanol–water partition coefficient (Wildman–Crippen LogP) is -2.07. The van der Waals surface area contributed by atoms with Gasteiger partial charge in [-0.05, 0) is 0 Å². The predicted molar refractivity (Wildman–Crippen MR) is 69.9 cm³/mol. The fraction of sp³-hybridized carbons (Fsp3) is 0.667. The summed E-state index contributed by atoms with van der Waals surface area (Å²) in [5.74, 6) is -3.57. The lowest BCUT2D eigenvalue weighted by Gasteiger charge is -2.17. The molecule has 3 amide bonds. The molecule has 0 aromatic heterocycles. The molecule has 1 rings (SSSR count). The van der Waals surface area contributed by atoms with Crippen LogP contribution in [0.15, 0.2) is 0 Å². The monoisotopic (exact) mass is 301 g/mol. The zero-order valence-electron chi connectivity index (χ0n) is 11.7. The summed E-state index contributed by atoms with van der Waals surface area (Å²) in [7, 11) is 1.51. The number of aliphatic carboxylic acids is 1. The largest absolute Gasteiger partial charge is 0.480 e. The van der Waals surface area contributed by atoms with Crippen LogP contribution < -0.4 is 11.1 Å². The molecule has 0 aromatic carbocycles. The number of hydrogen-bond donors (Lipinski definition) is 3. The SMILES string of the molecule is COCCN1CC(C(=O)N[C@H](CC(N)=O)C(=O)O)CC1=O. The standard InChI is InChI=1S/C12H19N3O6/c1-21-3-2-15-6-7(4-10(15)17)11(18)14-8(12(19)20)5-9(13)16/h7-8H,2-6H2,1H3,(H2,13,16)(H,14,18)(H,19,20)/t7?,8-/m1/s1. The Kier molecular flexibility index (Phi) is 6.10. The van der Waals surface area contributed by atoms with E-state index in [-0.39, 0.29) is 18.9 Å². The number of nitrogens with two attached hydrogens (primary N) is 1. The van der Waals surface area contributed by atoms with E-state index in [1.807, 2.05) is 0 Å². The fourth-order valence-corrected chi connectivity index (χ4v) is 2.06. The molecule has 9 nitrogen and oxygen atoms in total. The number of rotatable bonds is 8. The zero-order valence-corrected chi connectivity index (χ0v) is 11.7. The molecular weight excluding hydrogens is 282 g/mol. The van der Waals surface area contributed by atoms with Gasteiger partial charge in [-0.3, -0.25) is 14.4 Å². The van der Waals surface area contributed by atoms with E-state index in [4.69, 9.17) is 15.6 Å². The van der Waals surface area contributed by atoms with Crippen molar-refractivity contribution in [2.75, 3.05) is 26.8 Å². The number of carbonyl (C=O) groups is 4. The molecule has 0 radical (unpaired) electrons. The van der Waals surface area contributed by atoms with E-state index < -0.39 is 36.2 Å². The van der Waals surface area contributed by atoms with Gasteiger partial charge in [0, 0.05) is 26.6 Å². The third kappa shape index (κ3) is 5.03. The van der Waals surface area contributed by atoms with Gasteiger partial charge in [0.25, 0.3) is 0 Å². The highest BCUT2D eigenvalue weighted by atomic mass is 16.5. The van der Waals surface area contributed by atoms with Crippen molar-refractivity contribution in [1.82, 2.24) is 10.2 Å². The minimum atomic E-state index is -1.38. The lowest BCUT2D eigenvalue weighted by molar-refractivity contribution is -0.143. The second kappa shape index (κ2) is 7.58. The highest BCUT2D eigenvalue weighted by molar-refractivity contribution is 5.92. The van der Waals surface area contributed by atoms with Crippen molar-refractivity contribution < 1.29 is 29.0 Å². The van der Waals surface area contributed by atoms with Gasteiger partial charge >= 0.3 is 5.97 Å². The molecule has 0 saturated carbocycles. The van der Waals surface area contributed by atoms with E-state index in [9.17, 15) is 19.2 Å². The Morgan fingerprint density at radius 3 is 2.71 bits per heavy atom. The van der Waals surface area contributed by atoms with Gasteiger partial charge in [-0.25, -0.2) is 4.79 Å². The summed E-state index contributed by atoms with van der Waals surface area (Å²) in [5.41, 5.74) is 4.93. The third-order valence-corrected chi connectivity index (χ3v) is 3.17. The molecule has 9 heteroatoms. The van der Waals surface area contributed by atoms with E-state index in [0.717, 1.165) is 0 Å². The first kappa shape index (κ1) is 16.9. The minimum Gasteiger partial charge on any atom is -0.480 e. The normalized spacial score (nSPS) is 19.4. The van der Waals surface area contributed by atoms with Crippen LogP contribution in [0.4, 0.5) is 0 Å². The number of hydrogen-bond acceptors (Lipinski definition) is 5. The number of primary amides is 1. The molecule has 1 aliphatic heterocycles. The number of nitrogens with zero attached hydrogens (tertiary/aromatic N) is 1. The summed E-state index contributed by atoms with van der Waals surface area (Å²) in [6.07, 6.45) is -0.479. The number of nitrogens with one attached hydrogen (secondary N) is 1. The van der Waals surface area contributed by atoms with Crippen molar-refractivity contribution >= 4 is 23.7 Å². The average molecular weight is 301 g/mol. The third-order valence-electron chi connectivity index (χ3n) is 3.17. The lowest BCUT2D eigenvalue weighted by Crippen LogP contribution is -2.46. The first-order chi connectivity index (χ1) is 9.85. The number of likely N-dealkylation sites (tertiary alicyclic amines) is 1. The van der Waals surface area contributed by atoms with Crippen molar-refractivity contribution in [1.29, 1.82) is 0 Å². The number of carbonyl (C=O) groups excluding carboxylic acids is 3. The average Bonchev–Trinajstić information content (AvgIpc) is 2.76. The number of amides is 3. The quantitative estimate of drug-likeness (QED) is 0.470. The Hall–Kier alpha value is -2.16. The van der Waals surface area contributed by atoms with Crippen LogP contribution in [-0.4, -0.2) is 66.5 Å². The van der Waals surface area contributed by atoms with Crippen LogP contribution in [0.2, 0.25) is 0 Å². The Morgan fingerprint density at radius 1 is 1.52 bits per heavy atom. The van der Waals surface area contributed by atoms with Gasteiger partial charge in [-0.15, -0.1) is 0 Å². The van der Waals surface area contributed by atoms with Crippen LogP contribution in [0.3, 0.4) is 0 Å². The Morgan fingerprint density at radius 2 is 2.19 bits per heavy atom. The molecule has 1 saturated heterocycles. The highest BCUT2D eigenvalue weighted by Gasteiger charge is 2.35. The summed E-state index contributed by atoms with van der Waals surface area (Å²) in [5, 5.41) is 11.2. The smallest absolute Gasteiger partial charge is 0.326 e. The Balaban J connectivity index is 2.57. The molecule has 21 heavy (non-hydrogen) atoms. The first-order valence-electron chi connectivity index (χ1n) is 6.43.